The molecule has 0 unspecified atom stereocenters. The molecule has 1 fully saturated rings. The molecule has 1 saturated carbocycles. The number of hydrogen-bond donors (Lipinski definition) is 1. The lowest BCUT2D eigenvalue weighted by molar-refractivity contribution is -0.133. The molecule has 0 radical (unpaired) electrons. The van der Waals surface area contributed by atoms with Crippen LogP contribution in [0.5, 0.6) is 0 Å². The molecule has 0 spiro atoms. The van der Waals surface area contributed by atoms with E-state index in [4.69, 9.17) is 5.11 Å². The first-order chi connectivity index (χ1) is 8.66. The molecular weight excluding hydrogens is 244 g/mol. The zero-order valence-corrected chi connectivity index (χ0v) is 11.6. The maximum absolute atomic E-state index is 10.7. The van der Waals surface area contributed by atoms with Gasteiger partial charge in [-0.3, -0.25) is 4.79 Å². The van der Waals surface area contributed by atoms with Gasteiger partial charge in [0.15, 0.2) is 0 Å². The van der Waals surface area contributed by atoms with E-state index in [1.807, 2.05) is 0 Å². The van der Waals surface area contributed by atoms with Gasteiger partial charge in [0.2, 0.25) is 0 Å². The molecule has 98 valence electrons. The van der Waals surface area contributed by atoms with Crippen LogP contribution in [0.3, 0.4) is 0 Å². The number of hydrogen-bond acceptors (Lipinski definition) is 2. The van der Waals surface area contributed by atoms with Crippen LogP contribution in [-0.4, -0.2) is 22.1 Å². The largest absolute Gasteiger partial charge is 0.481 e. The molecule has 1 aliphatic rings. The van der Waals surface area contributed by atoms with Gasteiger partial charge in [0, 0.05) is 5.25 Å². The first kappa shape index (κ1) is 13.5. The lowest BCUT2D eigenvalue weighted by Crippen LogP contribution is -2.21. The van der Waals surface area contributed by atoms with Crippen LogP contribution in [-0.2, 0) is 4.79 Å². The Morgan fingerprint density at radius 3 is 2.61 bits per heavy atom. The third-order valence-electron chi connectivity index (χ3n) is 3.63. The molecule has 3 heteroatoms. The Morgan fingerprint density at radius 1 is 1.28 bits per heavy atom. The number of carboxylic acids is 1. The summed E-state index contributed by atoms with van der Waals surface area (Å²) in [4.78, 5) is 10.7. The molecule has 18 heavy (non-hydrogen) atoms. The Hall–Kier alpha value is -0.960. The zero-order chi connectivity index (χ0) is 13.0. The highest BCUT2D eigenvalue weighted by molar-refractivity contribution is 8.00. The average molecular weight is 264 g/mol. The first-order valence-electron chi connectivity index (χ1n) is 6.57. The maximum atomic E-state index is 10.7. The fourth-order valence-electron chi connectivity index (χ4n) is 2.67. The monoisotopic (exact) mass is 264 g/mol. The van der Waals surface area contributed by atoms with E-state index >= 15 is 0 Å². The number of benzene rings is 1. The molecule has 0 aromatic heterocycles. The topological polar surface area (TPSA) is 37.3 Å². The van der Waals surface area contributed by atoms with Crippen molar-refractivity contribution in [3.05, 3.63) is 35.4 Å². The molecule has 2 nitrogen and oxygen atoms in total. The van der Waals surface area contributed by atoms with Gasteiger partial charge in [0.05, 0.1) is 5.75 Å². The number of rotatable bonds is 4. The summed E-state index contributed by atoms with van der Waals surface area (Å²) in [5, 5.41) is 9.29. The van der Waals surface area contributed by atoms with Crippen LogP contribution in [0.1, 0.15) is 42.7 Å². The van der Waals surface area contributed by atoms with E-state index in [-0.39, 0.29) is 5.75 Å². The van der Waals surface area contributed by atoms with Crippen LogP contribution in [0.25, 0.3) is 0 Å². The van der Waals surface area contributed by atoms with Crippen LogP contribution < -0.4 is 0 Å². The summed E-state index contributed by atoms with van der Waals surface area (Å²) in [6.07, 6.45) is 4.85. The van der Waals surface area contributed by atoms with E-state index < -0.39 is 5.97 Å². The zero-order valence-electron chi connectivity index (χ0n) is 10.8. The van der Waals surface area contributed by atoms with Gasteiger partial charge in [-0.25, -0.2) is 0 Å². The minimum Gasteiger partial charge on any atom is -0.481 e. The minimum atomic E-state index is -0.701. The standard InChI is InChI=1S/C15H20O2S/c1-11-6-8-12(9-7-11)13-4-2-3-5-14(13)18-10-15(16)17/h6-9,13-14H,2-5,10H2,1H3,(H,16,17)/t13-,14-/m0/s1. The van der Waals surface area contributed by atoms with Crippen molar-refractivity contribution >= 4 is 17.7 Å². The van der Waals surface area contributed by atoms with Crippen molar-refractivity contribution in [1.82, 2.24) is 0 Å². The van der Waals surface area contributed by atoms with Crippen molar-refractivity contribution < 1.29 is 9.90 Å². The summed E-state index contributed by atoms with van der Waals surface area (Å²) >= 11 is 1.61. The van der Waals surface area contributed by atoms with Crippen molar-refractivity contribution in [2.45, 2.75) is 43.8 Å². The Morgan fingerprint density at radius 2 is 1.94 bits per heavy atom. The Balaban J connectivity index is 2.07. The summed E-state index contributed by atoms with van der Waals surface area (Å²) in [5.74, 6) is 0.0597. The Bertz CT molecular complexity index is 399. The molecule has 2 rings (SSSR count). The SMILES string of the molecule is Cc1ccc([C@@H]2CCCC[C@@H]2SCC(=O)O)cc1. The summed E-state index contributed by atoms with van der Waals surface area (Å²) < 4.78 is 0. The molecule has 0 aliphatic heterocycles. The van der Waals surface area contributed by atoms with E-state index in [1.54, 1.807) is 11.8 Å². The smallest absolute Gasteiger partial charge is 0.313 e. The van der Waals surface area contributed by atoms with Crippen molar-refractivity contribution in [3.8, 4) is 0 Å². The molecule has 1 N–H and O–H groups in total. The average Bonchev–Trinajstić information content (AvgIpc) is 2.38. The first-order valence-corrected chi connectivity index (χ1v) is 7.61. The van der Waals surface area contributed by atoms with Gasteiger partial charge in [0.1, 0.15) is 0 Å². The summed E-state index contributed by atoms with van der Waals surface area (Å²) in [6, 6.07) is 8.73. The highest BCUT2D eigenvalue weighted by Crippen LogP contribution is 2.39. The number of aryl methyl sites for hydroxylation is 1. The van der Waals surface area contributed by atoms with E-state index in [0.29, 0.717) is 11.2 Å². The fourth-order valence-corrected chi connectivity index (χ4v) is 3.89. The normalized spacial score (nSPS) is 23.8. The quantitative estimate of drug-likeness (QED) is 0.897. The van der Waals surface area contributed by atoms with Gasteiger partial charge in [-0.2, -0.15) is 0 Å². The number of carboxylic acid groups (broad SMARTS) is 1. The van der Waals surface area contributed by atoms with Gasteiger partial charge in [-0.15, -0.1) is 11.8 Å². The van der Waals surface area contributed by atoms with Crippen LogP contribution in [0.15, 0.2) is 24.3 Å². The van der Waals surface area contributed by atoms with Crippen LogP contribution >= 0.6 is 11.8 Å². The molecule has 0 heterocycles. The lowest BCUT2D eigenvalue weighted by Gasteiger charge is -2.31. The van der Waals surface area contributed by atoms with E-state index in [9.17, 15) is 4.79 Å². The molecular formula is C15H20O2S. The summed E-state index contributed by atoms with van der Waals surface area (Å²) in [7, 11) is 0. The molecule has 2 atom stereocenters. The summed E-state index contributed by atoms with van der Waals surface area (Å²) in [6.45, 7) is 2.10. The molecule has 1 aromatic rings. The van der Waals surface area contributed by atoms with Crippen LogP contribution in [0.4, 0.5) is 0 Å². The van der Waals surface area contributed by atoms with E-state index in [2.05, 4.69) is 31.2 Å². The van der Waals surface area contributed by atoms with Gasteiger partial charge < -0.3 is 5.11 Å². The highest BCUT2D eigenvalue weighted by Gasteiger charge is 2.27. The van der Waals surface area contributed by atoms with Gasteiger partial charge in [-0.1, -0.05) is 42.7 Å². The number of carbonyl (C=O) groups is 1. The van der Waals surface area contributed by atoms with Crippen LogP contribution in [0, 0.1) is 6.92 Å². The molecule has 0 saturated heterocycles. The van der Waals surface area contributed by atoms with Gasteiger partial charge >= 0.3 is 5.97 Å². The third kappa shape index (κ3) is 3.52. The van der Waals surface area contributed by atoms with Crippen molar-refractivity contribution in [1.29, 1.82) is 0 Å². The highest BCUT2D eigenvalue weighted by atomic mass is 32.2. The van der Waals surface area contributed by atoms with Gasteiger partial charge in [-0.05, 0) is 31.2 Å². The van der Waals surface area contributed by atoms with Crippen molar-refractivity contribution in [2.24, 2.45) is 0 Å². The third-order valence-corrected chi connectivity index (χ3v) is 5.03. The maximum Gasteiger partial charge on any atom is 0.313 e. The number of thioether (sulfide) groups is 1. The Labute approximate surface area is 113 Å². The number of aliphatic carboxylic acids is 1. The van der Waals surface area contributed by atoms with Crippen LogP contribution in [0.2, 0.25) is 0 Å². The molecule has 1 aliphatic carbocycles. The van der Waals surface area contributed by atoms with E-state index in [0.717, 1.165) is 6.42 Å². The van der Waals surface area contributed by atoms with Gasteiger partial charge in [0.25, 0.3) is 0 Å². The predicted molar refractivity (Wildman–Crippen MR) is 76.3 cm³/mol. The fraction of sp³-hybridized carbons (Fsp3) is 0.533. The second-order valence-electron chi connectivity index (χ2n) is 5.04. The Kier molecular flexibility index (Phi) is 4.70. The predicted octanol–water partition coefficient (Wildman–Crippen LogP) is 3.84. The lowest BCUT2D eigenvalue weighted by atomic mass is 9.83. The second-order valence-corrected chi connectivity index (χ2v) is 6.27. The van der Waals surface area contributed by atoms with E-state index in [1.165, 1.54) is 30.4 Å². The summed E-state index contributed by atoms with van der Waals surface area (Å²) in [5.41, 5.74) is 2.66. The van der Waals surface area contributed by atoms with Crippen molar-refractivity contribution in [2.75, 3.05) is 5.75 Å². The molecule has 0 amide bonds. The molecule has 0 bridgehead atoms. The molecule has 1 aromatic carbocycles. The second kappa shape index (κ2) is 6.28. The van der Waals surface area contributed by atoms with Crippen molar-refractivity contribution in [3.63, 3.8) is 0 Å². The minimum absolute atomic E-state index is 0.229.